The van der Waals surface area contributed by atoms with Crippen molar-refractivity contribution in [2.24, 2.45) is 0 Å². The van der Waals surface area contributed by atoms with Crippen LogP contribution < -0.4 is 23.0 Å². The molecule has 6 N–H and O–H groups in total. The van der Waals surface area contributed by atoms with E-state index in [1.807, 2.05) is 0 Å². The summed E-state index contributed by atoms with van der Waals surface area (Å²) in [5.74, 6) is -1.10. The lowest BCUT2D eigenvalue weighted by molar-refractivity contribution is 0.555. The number of H-pyrrole nitrogens is 2. The fourth-order valence-electron chi connectivity index (χ4n) is 2.72. The first kappa shape index (κ1) is 13.3. The number of aromatic nitrogens is 2. The van der Waals surface area contributed by atoms with E-state index in [9.17, 15) is 9.59 Å². The molecule has 0 radical (unpaired) electrons. The normalized spacial score (nSPS) is 11.5. The molecule has 0 spiro atoms. The molecule has 0 saturated carbocycles. The van der Waals surface area contributed by atoms with Crippen LogP contribution in [0, 0.1) is 0 Å². The molecule has 4 aromatic rings. The molecule has 116 valence electrons. The lowest BCUT2D eigenvalue weighted by atomic mass is 10.0. The third kappa shape index (κ3) is 2.16. The topological polar surface area (TPSA) is 144 Å². The SMILES string of the molecule is Nc1cc(Cc2cc(N)c3[nH]c(=O)oc3c2)cc2oc(=O)[nH]c12. The van der Waals surface area contributed by atoms with Crippen LogP contribution in [0.4, 0.5) is 11.4 Å². The van der Waals surface area contributed by atoms with Gasteiger partial charge in [-0.1, -0.05) is 0 Å². The van der Waals surface area contributed by atoms with Gasteiger partial charge in [0.1, 0.15) is 11.0 Å². The van der Waals surface area contributed by atoms with Gasteiger partial charge in [-0.15, -0.1) is 0 Å². The van der Waals surface area contributed by atoms with Gasteiger partial charge in [0, 0.05) is 0 Å². The van der Waals surface area contributed by atoms with E-state index in [1.54, 1.807) is 24.3 Å². The van der Waals surface area contributed by atoms with Gasteiger partial charge in [-0.3, -0.25) is 9.97 Å². The average Bonchev–Trinajstić information content (AvgIpc) is 3.01. The molecule has 23 heavy (non-hydrogen) atoms. The molecule has 0 unspecified atom stereocenters. The zero-order chi connectivity index (χ0) is 16.1. The van der Waals surface area contributed by atoms with Crippen LogP contribution in [0.3, 0.4) is 0 Å². The van der Waals surface area contributed by atoms with Gasteiger partial charge in [0.15, 0.2) is 11.2 Å². The predicted molar refractivity (Wildman–Crippen MR) is 85.3 cm³/mol. The molecule has 2 aromatic carbocycles. The van der Waals surface area contributed by atoms with Gasteiger partial charge in [-0.2, -0.15) is 0 Å². The Balaban J connectivity index is 1.80. The number of rotatable bonds is 2. The Morgan fingerprint density at radius 1 is 0.783 bits per heavy atom. The number of benzene rings is 2. The number of hydrogen-bond acceptors (Lipinski definition) is 6. The first-order valence-corrected chi connectivity index (χ1v) is 6.82. The molecular formula is C15H12N4O4. The highest BCUT2D eigenvalue weighted by Crippen LogP contribution is 2.25. The van der Waals surface area contributed by atoms with Crippen LogP contribution in [0.15, 0.2) is 42.7 Å². The average molecular weight is 312 g/mol. The van der Waals surface area contributed by atoms with Gasteiger partial charge >= 0.3 is 11.5 Å². The highest BCUT2D eigenvalue weighted by molar-refractivity contribution is 5.87. The van der Waals surface area contributed by atoms with Crippen LogP contribution in [-0.2, 0) is 6.42 Å². The van der Waals surface area contributed by atoms with Crippen molar-refractivity contribution < 1.29 is 8.83 Å². The first-order chi connectivity index (χ1) is 11.0. The molecule has 2 aromatic heterocycles. The summed E-state index contributed by atoms with van der Waals surface area (Å²) in [6.45, 7) is 0. The lowest BCUT2D eigenvalue weighted by Gasteiger charge is -2.05. The molecule has 0 atom stereocenters. The molecule has 0 bridgehead atoms. The van der Waals surface area contributed by atoms with Crippen LogP contribution in [0.5, 0.6) is 0 Å². The number of nitrogen functional groups attached to an aromatic ring is 2. The van der Waals surface area contributed by atoms with Crippen molar-refractivity contribution in [1.29, 1.82) is 0 Å². The monoisotopic (exact) mass is 312 g/mol. The molecule has 0 fully saturated rings. The van der Waals surface area contributed by atoms with Crippen LogP contribution in [0.1, 0.15) is 11.1 Å². The Morgan fingerprint density at radius 2 is 1.22 bits per heavy atom. The number of anilines is 2. The Kier molecular flexibility index (Phi) is 2.61. The fourth-order valence-corrected chi connectivity index (χ4v) is 2.72. The molecule has 2 heterocycles. The fraction of sp³-hybridized carbons (Fsp3) is 0.0667. The van der Waals surface area contributed by atoms with Gasteiger partial charge in [0.05, 0.1) is 11.4 Å². The highest BCUT2D eigenvalue weighted by atomic mass is 16.4. The summed E-state index contributed by atoms with van der Waals surface area (Å²) in [5.41, 5.74) is 16.1. The van der Waals surface area contributed by atoms with Gasteiger partial charge in [-0.05, 0) is 41.8 Å². The van der Waals surface area contributed by atoms with Crippen LogP contribution in [0.2, 0.25) is 0 Å². The van der Waals surface area contributed by atoms with Crippen LogP contribution in [0.25, 0.3) is 22.2 Å². The minimum Gasteiger partial charge on any atom is -0.408 e. The summed E-state index contributed by atoms with van der Waals surface area (Å²) in [6.07, 6.45) is 0.490. The number of hydrogen-bond donors (Lipinski definition) is 4. The second-order valence-corrected chi connectivity index (χ2v) is 5.32. The summed E-state index contributed by atoms with van der Waals surface area (Å²) in [7, 11) is 0. The Morgan fingerprint density at radius 3 is 1.65 bits per heavy atom. The summed E-state index contributed by atoms with van der Waals surface area (Å²) in [5, 5.41) is 0. The Labute approximate surface area is 127 Å². The molecule has 8 nitrogen and oxygen atoms in total. The maximum Gasteiger partial charge on any atom is 0.417 e. The summed E-state index contributed by atoms with van der Waals surface area (Å²) in [6, 6.07) is 6.97. The first-order valence-electron chi connectivity index (χ1n) is 6.82. The molecule has 0 saturated heterocycles. The van der Waals surface area contributed by atoms with Gasteiger partial charge in [0.25, 0.3) is 0 Å². The predicted octanol–water partition coefficient (Wildman–Crippen LogP) is 1.31. The van der Waals surface area contributed by atoms with Gasteiger partial charge in [0.2, 0.25) is 0 Å². The molecule has 0 aliphatic carbocycles. The highest BCUT2D eigenvalue weighted by Gasteiger charge is 2.10. The van der Waals surface area contributed by atoms with E-state index < -0.39 is 11.5 Å². The molecule has 4 rings (SSSR count). The van der Waals surface area contributed by atoms with Crippen molar-refractivity contribution in [3.05, 3.63) is 56.5 Å². The largest absolute Gasteiger partial charge is 0.417 e. The number of oxazole rings is 2. The quantitative estimate of drug-likeness (QED) is 0.411. The minimum atomic E-state index is -0.552. The number of nitrogens with one attached hydrogen (secondary N) is 2. The third-order valence-corrected chi connectivity index (χ3v) is 3.65. The molecule has 0 amide bonds. The molecule has 0 aliphatic heterocycles. The maximum atomic E-state index is 11.3. The van der Waals surface area contributed by atoms with Crippen molar-refractivity contribution in [2.45, 2.75) is 6.42 Å². The van der Waals surface area contributed by atoms with Gasteiger partial charge in [-0.25, -0.2) is 9.59 Å². The smallest absolute Gasteiger partial charge is 0.408 e. The van der Waals surface area contributed by atoms with E-state index in [-0.39, 0.29) is 0 Å². The summed E-state index contributed by atoms with van der Waals surface area (Å²) in [4.78, 5) is 27.6. The van der Waals surface area contributed by atoms with Crippen molar-refractivity contribution in [2.75, 3.05) is 11.5 Å². The van der Waals surface area contributed by atoms with E-state index in [0.717, 1.165) is 11.1 Å². The lowest BCUT2D eigenvalue weighted by Crippen LogP contribution is -1.96. The summed E-state index contributed by atoms with van der Waals surface area (Å²) >= 11 is 0. The van der Waals surface area contributed by atoms with E-state index in [1.165, 1.54) is 0 Å². The zero-order valence-corrected chi connectivity index (χ0v) is 11.8. The van der Waals surface area contributed by atoms with Crippen molar-refractivity contribution >= 4 is 33.6 Å². The van der Waals surface area contributed by atoms with E-state index in [4.69, 9.17) is 20.3 Å². The van der Waals surface area contributed by atoms with Crippen molar-refractivity contribution in [3.8, 4) is 0 Å². The standard InChI is InChI=1S/C15H12N4O4/c16-8-2-6(4-10-12(8)18-14(20)22-10)1-7-3-9(17)13-11(5-7)23-15(21)19-13/h2-5H,1,16-17H2,(H,18,20)(H,19,21). The molecule has 0 aliphatic rings. The maximum absolute atomic E-state index is 11.3. The third-order valence-electron chi connectivity index (χ3n) is 3.65. The Bertz CT molecular complexity index is 1070. The van der Waals surface area contributed by atoms with Crippen LogP contribution >= 0.6 is 0 Å². The number of nitrogens with two attached hydrogens (primary N) is 2. The van der Waals surface area contributed by atoms with Crippen LogP contribution in [-0.4, -0.2) is 9.97 Å². The van der Waals surface area contributed by atoms with E-state index in [2.05, 4.69) is 9.97 Å². The van der Waals surface area contributed by atoms with Crippen molar-refractivity contribution in [3.63, 3.8) is 0 Å². The Hall–Kier alpha value is -3.42. The molecule has 8 heteroatoms. The van der Waals surface area contributed by atoms with Gasteiger partial charge < -0.3 is 20.3 Å². The minimum absolute atomic E-state index is 0.396. The van der Waals surface area contributed by atoms with Crippen molar-refractivity contribution in [1.82, 2.24) is 9.97 Å². The van der Waals surface area contributed by atoms with E-state index >= 15 is 0 Å². The second kappa shape index (κ2) is 4.54. The van der Waals surface area contributed by atoms with E-state index in [0.29, 0.717) is 40.0 Å². The number of fused-ring (bicyclic) bond motifs is 2. The molecular weight excluding hydrogens is 300 g/mol. The summed E-state index contributed by atoms with van der Waals surface area (Å²) < 4.78 is 10.1. The second-order valence-electron chi connectivity index (χ2n) is 5.32. The number of aromatic amines is 2. The zero-order valence-electron chi connectivity index (χ0n) is 11.8.